The number of carbonyl (C=O) groups is 1. The molecule has 0 aliphatic rings. The molecule has 0 saturated heterocycles. The minimum Gasteiger partial charge on any atom is -0.508 e. The molecule has 0 aliphatic carbocycles. The highest BCUT2D eigenvalue weighted by atomic mass is 19.1. The van der Waals surface area contributed by atoms with E-state index in [1.807, 2.05) is 0 Å². The van der Waals surface area contributed by atoms with Crippen molar-refractivity contribution in [2.75, 3.05) is 5.32 Å². The lowest BCUT2D eigenvalue weighted by Gasteiger charge is -2.05. The zero-order valence-corrected chi connectivity index (χ0v) is 8.72. The summed E-state index contributed by atoms with van der Waals surface area (Å²) in [6, 6.07) is 8.54. The summed E-state index contributed by atoms with van der Waals surface area (Å²) in [5, 5.41) is 11.6. The van der Waals surface area contributed by atoms with Gasteiger partial charge in [-0.1, -0.05) is 6.07 Å². The molecule has 17 heavy (non-hydrogen) atoms. The molecule has 5 heteroatoms. The predicted molar refractivity (Wildman–Crippen MR) is 60.3 cm³/mol. The maximum atomic E-state index is 13.2. The van der Waals surface area contributed by atoms with Gasteiger partial charge in [0.25, 0.3) is 5.91 Å². The van der Waals surface area contributed by atoms with Crippen LogP contribution in [0.2, 0.25) is 0 Å². The first-order chi connectivity index (χ1) is 8.16. The number of phenolic OH excluding ortho intramolecular Hbond substituents is 1. The van der Waals surface area contributed by atoms with Crippen molar-refractivity contribution in [1.29, 1.82) is 0 Å². The van der Waals surface area contributed by atoms with Crippen molar-refractivity contribution in [1.82, 2.24) is 4.98 Å². The van der Waals surface area contributed by atoms with Crippen molar-refractivity contribution in [3.05, 3.63) is 54.1 Å². The molecule has 1 heterocycles. The van der Waals surface area contributed by atoms with Gasteiger partial charge in [-0.3, -0.25) is 4.79 Å². The fourth-order valence-corrected chi connectivity index (χ4v) is 1.33. The van der Waals surface area contributed by atoms with E-state index in [1.54, 1.807) is 12.1 Å². The van der Waals surface area contributed by atoms with Gasteiger partial charge in [-0.25, -0.2) is 9.37 Å². The molecule has 0 bridgehead atoms. The first kappa shape index (κ1) is 11.1. The maximum Gasteiger partial charge on any atom is 0.277 e. The number of phenols is 1. The quantitative estimate of drug-likeness (QED) is 0.834. The Morgan fingerprint density at radius 2 is 2.12 bits per heavy atom. The van der Waals surface area contributed by atoms with Crippen LogP contribution in [0.3, 0.4) is 0 Å². The first-order valence-electron chi connectivity index (χ1n) is 4.88. The van der Waals surface area contributed by atoms with Crippen LogP contribution in [0.15, 0.2) is 42.6 Å². The number of aromatic nitrogens is 1. The summed E-state index contributed by atoms with van der Waals surface area (Å²) in [6.45, 7) is 0. The number of nitrogens with one attached hydrogen (secondary N) is 1. The molecule has 1 aromatic heterocycles. The van der Waals surface area contributed by atoms with E-state index >= 15 is 0 Å². The Labute approximate surface area is 96.7 Å². The van der Waals surface area contributed by atoms with E-state index in [0.29, 0.717) is 5.69 Å². The van der Waals surface area contributed by atoms with E-state index in [4.69, 9.17) is 0 Å². The van der Waals surface area contributed by atoms with Crippen molar-refractivity contribution in [3.8, 4) is 5.75 Å². The van der Waals surface area contributed by atoms with Crippen molar-refractivity contribution < 1.29 is 14.3 Å². The molecule has 0 saturated carbocycles. The number of rotatable bonds is 2. The lowest BCUT2D eigenvalue weighted by molar-refractivity contribution is 0.101. The second kappa shape index (κ2) is 4.61. The van der Waals surface area contributed by atoms with Crippen LogP contribution in [-0.4, -0.2) is 16.0 Å². The third-order valence-corrected chi connectivity index (χ3v) is 2.08. The molecule has 0 unspecified atom stereocenters. The number of benzene rings is 1. The lowest BCUT2D eigenvalue weighted by Crippen LogP contribution is -2.15. The third kappa shape index (κ3) is 2.57. The predicted octanol–water partition coefficient (Wildman–Crippen LogP) is 2.18. The van der Waals surface area contributed by atoms with Crippen molar-refractivity contribution >= 4 is 11.6 Å². The Balaban J connectivity index is 2.20. The summed E-state index contributed by atoms with van der Waals surface area (Å²) in [5.74, 6) is -1.33. The molecule has 86 valence electrons. The van der Waals surface area contributed by atoms with Crippen LogP contribution in [0.1, 0.15) is 10.5 Å². The van der Waals surface area contributed by atoms with Crippen molar-refractivity contribution in [2.24, 2.45) is 0 Å². The van der Waals surface area contributed by atoms with Gasteiger partial charge in [0.1, 0.15) is 5.75 Å². The summed E-state index contributed by atoms with van der Waals surface area (Å²) in [7, 11) is 0. The molecule has 1 aromatic carbocycles. The Hall–Kier alpha value is -2.43. The smallest absolute Gasteiger partial charge is 0.277 e. The number of pyridine rings is 1. The Bertz CT molecular complexity index is 558. The van der Waals surface area contributed by atoms with Crippen LogP contribution < -0.4 is 5.32 Å². The minimum absolute atomic E-state index is 0.0179. The standard InChI is InChI=1S/C12H9FN2O2/c13-10-5-2-6-14-11(10)12(17)15-8-3-1-4-9(16)7-8/h1-7,16H,(H,15,17). The number of carbonyl (C=O) groups excluding carboxylic acids is 1. The molecule has 0 atom stereocenters. The van der Waals surface area contributed by atoms with E-state index < -0.39 is 11.7 Å². The minimum atomic E-state index is -0.690. The van der Waals surface area contributed by atoms with Crippen molar-refractivity contribution in [3.63, 3.8) is 0 Å². The van der Waals surface area contributed by atoms with Crippen LogP contribution in [0.5, 0.6) is 5.75 Å². The number of aromatic hydroxyl groups is 1. The zero-order chi connectivity index (χ0) is 12.3. The van der Waals surface area contributed by atoms with Gasteiger partial charge in [-0.05, 0) is 24.3 Å². The van der Waals surface area contributed by atoms with E-state index in [9.17, 15) is 14.3 Å². The zero-order valence-electron chi connectivity index (χ0n) is 8.72. The Morgan fingerprint density at radius 1 is 1.29 bits per heavy atom. The molecule has 4 nitrogen and oxygen atoms in total. The number of nitrogens with zero attached hydrogens (tertiary/aromatic N) is 1. The van der Waals surface area contributed by atoms with E-state index in [-0.39, 0.29) is 11.4 Å². The largest absolute Gasteiger partial charge is 0.508 e. The Morgan fingerprint density at radius 3 is 2.82 bits per heavy atom. The van der Waals surface area contributed by atoms with Gasteiger partial charge < -0.3 is 10.4 Å². The molecular weight excluding hydrogens is 223 g/mol. The summed E-state index contributed by atoms with van der Waals surface area (Å²) in [6.07, 6.45) is 1.33. The second-order valence-electron chi connectivity index (χ2n) is 3.34. The average molecular weight is 232 g/mol. The van der Waals surface area contributed by atoms with Crippen LogP contribution >= 0.6 is 0 Å². The number of anilines is 1. The number of hydrogen-bond donors (Lipinski definition) is 2. The van der Waals surface area contributed by atoms with Crippen LogP contribution in [-0.2, 0) is 0 Å². The molecule has 2 N–H and O–H groups in total. The van der Waals surface area contributed by atoms with Crippen molar-refractivity contribution in [2.45, 2.75) is 0 Å². The monoisotopic (exact) mass is 232 g/mol. The number of hydrogen-bond acceptors (Lipinski definition) is 3. The summed E-state index contributed by atoms with van der Waals surface area (Å²) in [5.41, 5.74) is 0.0934. The lowest BCUT2D eigenvalue weighted by atomic mass is 10.2. The normalized spacial score (nSPS) is 9.94. The van der Waals surface area contributed by atoms with Gasteiger partial charge in [0, 0.05) is 18.0 Å². The molecule has 0 spiro atoms. The fourth-order valence-electron chi connectivity index (χ4n) is 1.33. The average Bonchev–Trinajstić information content (AvgIpc) is 2.29. The highest BCUT2D eigenvalue weighted by Gasteiger charge is 2.12. The molecule has 0 fully saturated rings. The van der Waals surface area contributed by atoms with Crippen LogP contribution in [0.4, 0.5) is 10.1 Å². The van der Waals surface area contributed by atoms with Gasteiger partial charge in [-0.2, -0.15) is 0 Å². The SMILES string of the molecule is O=C(Nc1cccc(O)c1)c1ncccc1F. The summed E-state index contributed by atoms with van der Waals surface area (Å²) < 4.78 is 13.2. The maximum absolute atomic E-state index is 13.2. The molecule has 2 rings (SSSR count). The van der Waals surface area contributed by atoms with Gasteiger partial charge in [0.15, 0.2) is 11.5 Å². The highest BCUT2D eigenvalue weighted by Crippen LogP contribution is 2.16. The van der Waals surface area contributed by atoms with E-state index in [2.05, 4.69) is 10.3 Å². The first-order valence-corrected chi connectivity index (χ1v) is 4.88. The fraction of sp³-hybridized carbons (Fsp3) is 0. The number of halogens is 1. The number of amides is 1. The molecular formula is C12H9FN2O2. The molecule has 2 aromatic rings. The second-order valence-corrected chi connectivity index (χ2v) is 3.34. The van der Waals surface area contributed by atoms with Gasteiger partial charge in [0.05, 0.1) is 0 Å². The molecule has 1 amide bonds. The van der Waals surface area contributed by atoms with Gasteiger partial charge in [0.2, 0.25) is 0 Å². The van der Waals surface area contributed by atoms with Gasteiger partial charge in [-0.15, -0.1) is 0 Å². The molecule has 0 radical (unpaired) electrons. The van der Waals surface area contributed by atoms with Crippen LogP contribution in [0, 0.1) is 5.82 Å². The summed E-state index contributed by atoms with van der Waals surface area (Å²) in [4.78, 5) is 15.3. The Kier molecular flexibility index (Phi) is 3.00. The van der Waals surface area contributed by atoms with E-state index in [1.165, 1.54) is 24.4 Å². The third-order valence-electron chi connectivity index (χ3n) is 2.08. The summed E-state index contributed by atoms with van der Waals surface area (Å²) >= 11 is 0. The highest BCUT2D eigenvalue weighted by molar-refractivity contribution is 6.03. The van der Waals surface area contributed by atoms with Gasteiger partial charge >= 0.3 is 0 Å². The van der Waals surface area contributed by atoms with Crippen LogP contribution in [0.25, 0.3) is 0 Å². The van der Waals surface area contributed by atoms with E-state index in [0.717, 1.165) is 6.07 Å². The molecule has 0 aliphatic heterocycles. The topological polar surface area (TPSA) is 62.2 Å².